The SMILES string of the molecule is CCOC1(O)CCN(C=O)CC1. The minimum absolute atomic E-state index is 0.511. The Morgan fingerprint density at radius 1 is 1.58 bits per heavy atom. The Hall–Kier alpha value is -0.610. The normalized spacial score (nSPS) is 22.3. The number of piperidine rings is 1. The Labute approximate surface area is 72.1 Å². The molecular weight excluding hydrogens is 158 g/mol. The van der Waals surface area contributed by atoms with Crippen molar-refractivity contribution in [3.8, 4) is 0 Å². The summed E-state index contributed by atoms with van der Waals surface area (Å²) in [7, 11) is 0. The van der Waals surface area contributed by atoms with Crippen molar-refractivity contribution in [2.24, 2.45) is 0 Å². The van der Waals surface area contributed by atoms with Crippen molar-refractivity contribution in [1.29, 1.82) is 0 Å². The summed E-state index contributed by atoms with van der Waals surface area (Å²) < 4.78 is 5.18. The molecule has 1 fully saturated rings. The summed E-state index contributed by atoms with van der Waals surface area (Å²) >= 11 is 0. The van der Waals surface area contributed by atoms with E-state index in [2.05, 4.69) is 0 Å². The van der Waals surface area contributed by atoms with E-state index in [1.165, 1.54) is 0 Å². The molecule has 0 aromatic heterocycles. The quantitative estimate of drug-likeness (QED) is 0.481. The minimum atomic E-state index is -0.992. The van der Waals surface area contributed by atoms with Gasteiger partial charge in [0.1, 0.15) is 0 Å². The molecule has 0 atom stereocenters. The fourth-order valence-electron chi connectivity index (χ4n) is 1.39. The maximum Gasteiger partial charge on any atom is 0.209 e. The zero-order chi connectivity index (χ0) is 9.03. The molecule has 70 valence electrons. The van der Waals surface area contributed by atoms with Crippen molar-refractivity contribution in [1.82, 2.24) is 4.90 Å². The van der Waals surface area contributed by atoms with Crippen LogP contribution in [-0.2, 0) is 9.53 Å². The van der Waals surface area contributed by atoms with Crippen LogP contribution in [0.25, 0.3) is 0 Å². The molecule has 0 aliphatic carbocycles. The average Bonchev–Trinajstić information content (AvgIpc) is 2.06. The van der Waals surface area contributed by atoms with Crippen LogP contribution in [0.4, 0.5) is 0 Å². The standard InChI is InChI=1S/C8H15NO3/c1-2-12-8(11)3-5-9(7-10)6-4-8/h7,11H,2-6H2,1H3. The number of aliphatic hydroxyl groups is 1. The van der Waals surface area contributed by atoms with Crippen LogP contribution in [0.5, 0.6) is 0 Å². The predicted octanol–water partition coefficient (Wildman–Crippen LogP) is -0.0363. The molecule has 1 heterocycles. The molecule has 4 nitrogen and oxygen atoms in total. The largest absolute Gasteiger partial charge is 0.365 e. The fourth-order valence-corrected chi connectivity index (χ4v) is 1.39. The van der Waals surface area contributed by atoms with Crippen LogP contribution < -0.4 is 0 Å². The number of hydrogen-bond acceptors (Lipinski definition) is 3. The predicted molar refractivity (Wildman–Crippen MR) is 43.4 cm³/mol. The maximum absolute atomic E-state index is 10.3. The number of hydrogen-bond donors (Lipinski definition) is 1. The van der Waals surface area contributed by atoms with Gasteiger partial charge in [-0.05, 0) is 6.92 Å². The van der Waals surface area contributed by atoms with Crippen molar-refractivity contribution >= 4 is 6.41 Å². The van der Waals surface area contributed by atoms with Crippen LogP contribution in [0.1, 0.15) is 19.8 Å². The summed E-state index contributed by atoms with van der Waals surface area (Å²) in [6.45, 7) is 3.53. The number of nitrogens with zero attached hydrogens (tertiary/aromatic N) is 1. The summed E-state index contributed by atoms with van der Waals surface area (Å²) in [5, 5.41) is 9.72. The molecule has 0 radical (unpaired) electrons. The van der Waals surface area contributed by atoms with Crippen LogP contribution in [0.3, 0.4) is 0 Å². The van der Waals surface area contributed by atoms with Gasteiger partial charge in [0.15, 0.2) is 5.79 Å². The lowest BCUT2D eigenvalue weighted by atomic mass is 10.0. The molecular formula is C8H15NO3. The summed E-state index contributed by atoms with van der Waals surface area (Å²) in [6, 6.07) is 0. The molecule has 12 heavy (non-hydrogen) atoms. The monoisotopic (exact) mass is 173 g/mol. The van der Waals surface area contributed by atoms with Gasteiger partial charge in [-0.1, -0.05) is 0 Å². The van der Waals surface area contributed by atoms with Gasteiger partial charge in [0, 0.05) is 32.5 Å². The van der Waals surface area contributed by atoms with Gasteiger partial charge in [0.2, 0.25) is 6.41 Å². The molecule has 0 aromatic carbocycles. The Morgan fingerprint density at radius 2 is 2.17 bits per heavy atom. The van der Waals surface area contributed by atoms with Crippen molar-refractivity contribution in [2.45, 2.75) is 25.6 Å². The number of ether oxygens (including phenoxy) is 1. The first-order chi connectivity index (χ1) is 5.70. The van der Waals surface area contributed by atoms with Crippen molar-refractivity contribution in [2.75, 3.05) is 19.7 Å². The van der Waals surface area contributed by atoms with Gasteiger partial charge in [0.05, 0.1) is 0 Å². The summed E-state index contributed by atoms with van der Waals surface area (Å²) in [6.07, 6.45) is 1.84. The van der Waals surface area contributed by atoms with Gasteiger partial charge in [0.25, 0.3) is 0 Å². The number of likely N-dealkylation sites (tertiary alicyclic amines) is 1. The Balaban J connectivity index is 2.38. The van der Waals surface area contributed by atoms with E-state index in [-0.39, 0.29) is 0 Å². The van der Waals surface area contributed by atoms with Gasteiger partial charge in [-0.15, -0.1) is 0 Å². The number of amides is 1. The molecule has 0 spiro atoms. The summed E-state index contributed by atoms with van der Waals surface area (Å²) in [4.78, 5) is 12.0. The summed E-state index contributed by atoms with van der Waals surface area (Å²) in [5.41, 5.74) is 0. The second kappa shape index (κ2) is 3.87. The maximum atomic E-state index is 10.3. The average molecular weight is 173 g/mol. The van der Waals surface area contributed by atoms with Gasteiger partial charge >= 0.3 is 0 Å². The highest BCUT2D eigenvalue weighted by Crippen LogP contribution is 2.22. The third-order valence-corrected chi connectivity index (χ3v) is 2.14. The van der Waals surface area contributed by atoms with Crippen LogP contribution in [0.15, 0.2) is 0 Å². The highest BCUT2D eigenvalue weighted by atomic mass is 16.6. The second-order valence-electron chi connectivity index (χ2n) is 3.02. The molecule has 4 heteroatoms. The second-order valence-corrected chi connectivity index (χ2v) is 3.02. The smallest absolute Gasteiger partial charge is 0.209 e. The Bertz CT molecular complexity index is 152. The van der Waals surface area contributed by atoms with Crippen LogP contribution in [0.2, 0.25) is 0 Å². The molecule has 1 amide bonds. The molecule has 1 rings (SSSR count). The van der Waals surface area contributed by atoms with Gasteiger partial charge in [-0.2, -0.15) is 0 Å². The number of carbonyl (C=O) groups is 1. The van der Waals surface area contributed by atoms with Crippen LogP contribution in [-0.4, -0.2) is 41.9 Å². The lowest BCUT2D eigenvalue weighted by Crippen LogP contribution is -2.45. The van der Waals surface area contributed by atoms with Crippen LogP contribution >= 0.6 is 0 Å². The first-order valence-corrected chi connectivity index (χ1v) is 4.26. The number of carbonyl (C=O) groups excluding carboxylic acids is 1. The Kier molecular flexibility index (Phi) is 3.05. The Morgan fingerprint density at radius 3 is 2.58 bits per heavy atom. The topological polar surface area (TPSA) is 49.8 Å². The summed E-state index contributed by atoms with van der Waals surface area (Å²) in [5.74, 6) is -0.992. The lowest BCUT2D eigenvalue weighted by molar-refractivity contribution is -0.222. The third-order valence-electron chi connectivity index (χ3n) is 2.14. The highest BCUT2D eigenvalue weighted by Gasteiger charge is 2.31. The molecule has 1 aliphatic rings. The third kappa shape index (κ3) is 2.19. The van der Waals surface area contributed by atoms with Crippen molar-refractivity contribution < 1.29 is 14.6 Å². The minimum Gasteiger partial charge on any atom is -0.365 e. The van der Waals surface area contributed by atoms with Gasteiger partial charge < -0.3 is 14.7 Å². The molecule has 0 aromatic rings. The molecule has 1 N–H and O–H groups in total. The molecule has 0 bridgehead atoms. The van der Waals surface area contributed by atoms with E-state index < -0.39 is 5.79 Å². The van der Waals surface area contributed by atoms with Gasteiger partial charge in [-0.3, -0.25) is 4.79 Å². The number of rotatable bonds is 3. The van der Waals surface area contributed by atoms with E-state index in [4.69, 9.17) is 4.74 Å². The van der Waals surface area contributed by atoms with Crippen LogP contribution in [0, 0.1) is 0 Å². The van der Waals surface area contributed by atoms with E-state index in [1.54, 1.807) is 4.90 Å². The van der Waals surface area contributed by atoms with Gasteiger partial charge in [-0.25, -0.2) is 0 Å². The molecule has 1 aliphatic heterocycles. The lowest BCUT2D eigenvalue weighted by Gasteiger charge is -2.35. The van der Waals surface area contributed by atoms with Crippen molar-refractivity contribution in [3.05, 3.63) is 0 Å². The first-order valence-electron chi connectivity index (χ1n) is 4.26. The zero-order valence-electron chi connectivity index (χ0n) is 7.32. The molecule has 0 saturated carbocycles. The van der Waals surface area contributed by atoms with E-state index >= 15 is 0 Å². The van der Waals surface area contributed by atoms with Crippen molar-refractivity contribution in [3.63, 3.8) is 0 Å². The van der Waals surface area contributed by atoms with E-state index in [0.29, 0.717) is 32.5 Å². The highest BCUT2D eigenvalue weighted by molar-refractivity contribution is 5.47. The first kappa shape index (κ1) is 9.48. The molecule has 0 unspecified atom stereocenters. The van der Waals surface area contributed by atoms with E-state index in [0.717, 1.165) is 6.41 Å². The molecule has 1 saturated heterocycles. The van der Waals surface area contributed by atoms with E-state index in [1.807, 2.05) is 6.92 Å². The van der Waals surface area contributed by atoms with E-state index in [9.17, 15) is 9.90 Å². The fraction of sp³-hybridized carbons (Fsp3) is 0.875. The zero-order valence-corrected chi connectivity index (χ0v) is 7.32.